The van der Waals surface area contributed by atoms with Gasteiger partial charge in [0.25, 0.3) is 5.91 Å². The Bertz CT molecular complexity index is 587. The van der Waals surface area contributed by atoms with Crippen LogP contribution < -0.4 is 5.32 Å². The molecule has 21 heavy (non-hydrogen) atoms. The normalized spacial score (nSPS) is 29.8. The number of hydrogen-bond acceptors (Lipinski definition) is 3. The van der Waals surface area contributed by atoms with E-state index in [0.717, 1.165) is 12.1 Å². The molecule has 2 heterocycles. The smallest absolute Gasteiger partial charge is 0.252 e. The third-order valence-corrected chi connectivity index (χ3v) is 5.79. The number of carbonyl (C=O) groups excluding carboxylic acids is 2. The van der Waals surface area contributed by atoms with Gasteiger partial charge in [0.15, 0.2) is 0 Å². The highest BCUT2D eigenvalue weighted by molar-refractivity contribution is 8.01. The fourth-order valence-corrected chi connectivity index (χ4v) is 4.58. The molecule has 2 aliphatic rings. The standard InChI is InChI=1S/C16H20N2O2S/c1-15(2)10-18-13(20)16(3,14(18)21-15)17-12(19)9-11-7-5-4-6-8-11/h4-8,14H,9-10H2,1-3H3,(H,17,19)/t14?,16-/m1/s1. The molecule has 0 spiro atoms. The van der Waals surface area contributed by atoms with Gasteiger partial charge < -0.3 is 10.2 Å². The van der Waals surface area contributed by atoms with Crippen LogP contribution in [0.25, 0.3) is 0 Å². The summed E-state index contributed by atoms with van der Waals surface area (Å²) >= 11 is 1.77. The number of nitrogens with one attached hydrogen (secondary N) is 1. The Kier molecular flexibility index (Phi) is 3.28. The van der Waals surface area contributed by atoms with Gasteiger partial charge in [0.1, 0.15) is 10.9 Å². The first-order chi connectivity index (χ1) is 9.82. The number of amides is 2. The molecular weight excluding hydrogens is 284 g/mol. The van der Waals surface area contributed by atoms with E-state index in [9.17, 15) is 9.59 Å². The van der Waals surface area contributed by atoms with Crippen molar-refractivity contribution in [2.24, 2.45) is 0 Å². The molecule has 112 valence electrons. The number of carbonyl (C=O) groups is 2. The largest absolute Gasteiger partial charge is 0.339 e. The lowest BCUT2D eigenvalue weighted by atomic mass is 9.89. The van der Waals surface area contributed by atoms with Crippen LogP contribution in [-0.2, 0) is 16.0 Å². The van der Waals surface area contributed by atoms with E-state index in [0.29, 0.717) is 6.42 Å². The average molecular weight is 304 g/mol. The fraction of sp³-hybridized carbons (Fsp3) is 0.500. The summed E-state index contributed by atoms with van der Waals surface area (Å²) in [6, 6.07) is 9.59. The predicted molar refractivity (Wildman–Crippen MR) is 83.9 cm³/mol. The SMILES string of the molecule is CC1(C)CN2C(=O)[C@@](C)(NC(=O)Cc3ccccc3)C2S1. The third kappa shape index (κ3) is 2.44. The van der Waals surface area contributed by atoms with Gasteiger partial charge in [-0.3, -0.25) is 9.59 Å². The summed E-state index contributed by atoms with van der Waals surface area (Å²) in [5.74, 6) is -0.0611. The first kappa shape index (κ1) is 14.4. The van der Waals surface area contributed by atoms with Gasteiger partial charge in [-0.1, -0.05) is 30.3 Å². The van der Waals surface area contributed by atoms with Crippen molar-refractivity contribution in [1.29, 1.82) is 0 Å². The van der Waals surface area contributed by atoms with E-state index in [1.54, 1.807) is 11.8 Å². The third-order valence-electron chi connectivity index (χ3n) is 4.07. The Labute approximate surface area is 129 Å². The molecule has 0 bridgehead atoms. The second-order valence-corrected chi connectivity index (χ2v) is 8.36. The fourth-order valence-electron chi connectivity index (χ4n) is 3.07. The zero-order valence-corrected chi connectivity index (χ0v) is 13.4. The van der Waals surface area contributed by atoms with Crippen LogP contribution in [-0.4, -0.2) is 38.9 Å². The van der Waals surface area contributed by atoms with Crippen LogP contribution in [0, 0.1) is 0 Å². The number of nitrogens with zero attached hydrogens (tertiary/aromatic N) is 1. The molecule has 0 radical (unpaired) electrons. The average Bonchev–Trinajstić information content (AvgIpc) is 2.73. The molecule has 0 aliphatic carbocycles. The van der Waals surface area contributed by atoms with E-state index in [4.69, 9.17) is 0 Å². The number of thioether (sulfide) groups is 1. The molecule has 2 fully saturated rings. The quantitative estimate of drug-likeness (QED) is 0.866. The summed E-state index contributed by atoms with van der Waals surface area (Å²) in [5, 5.41) is 3.00. The molecule has 4 nitrogen and oxygen atoms in total. The molecule has 2 saturated heterocycles. The monoisotopic (exact) mass is 304 g/mol. The van der Waals surface area contributed by atoms with Crippen LogP contribution in [0.15, 0.2) is 30.3 Å². The van der Waals surface area contributed by atoms with Crippen LogP contribution in [0.2, 0.25) is 0 Å². The van der Waals surface area contributed by atoms with E-state index in [-0.39, 0.29) is 21.9 Å². The van der Waals surface area contributed by atoms with Gasteiger partial charge in [-0.05, 0) is 26.3 Å². The van der Waals surface area contributed by atoms with Gasteiger partial charge in [0.2, 0.25) is 5.91 Å². The summed E-state index contributed by atoms with van der Waals surface area (Å²) in [6.07, 6.45) is 0.310. The lowest BCUT2D eigenvalue weighted by Gasteiger charge is -2.50. The van der Waals surface area contributed by atoms with Crippen LogP contribution in [0.1, 0.15) is 26.3 Å². The van der Waals surface area contributed by atoms with E-state index in [1.165, 1.54) is 0 Å². The summed E-state index contributed by atoms with van der Waals surface area (Å²) in [4.78, 5) is 26.4. The maximum Gasteiger partial charge on any atom is 0.252 e. The topological polar surface area (TPSA) is 49.4 Å². The molecule has 2 amide bonds. The molecule has 2 aliphatic heterocycles. The summed E-state index contributed by atoms with van der Waals surface area (Å²) < 4.78 is 0.0578. The molecule has 3 rings (SSSR count). The van der Waals surface area contributed by atoms with E-state index in [1.807, 2.05) is 42.2 Å². The van der Waals surface area contributed by atoms with Crippen molar-refractivity contribution in [3.05, 3.63) is 35.9 Å². The van der Waals surface area contributed by atoms with Crippen molar-refractivity contribution in [3.63, 3.8) is 0 Å². The van der Waals surface area contributed by atoms with Crippen molar-refractivity contribution >= 4 is 23.6 Å². The number of fused-ring (bicyclic) bond motifs is 1. The minimum Gasteiger partial charge on any atom is -0.339 e. The highest BCUT2D eigenvalue weighted by Crippen LogP contribution is 2.50. The van der Waals surface area contributed by atoms with Crippen molar-refractivity contribution < 1.29 is 9.59 Å². The molecule has 1 aromatic rings. The van der Waals surface area contributed by atoms with Crippen LogP contribution in [0.4, 0.5) is 0 Å². The van der Waals surface area contributed by atoms with E-state index in [2.05, 4.69) is 19.2 Å². The lowest BCUT2D eigenvalue weighted by molar-refractivity contribution is -0.156. The minimum absolute atomic E-state index is 0.0342. The summed E-state index contributed by atoms with van der Waals surface area (Å²) in [6.45, 7) is 6.87. The first-order valence-corrected chi connectivity index (χ1v) is 8.04. The van der Waals surface area contributed by atoms with Crippen LogP contribution in [0.3, 0.4) is 0 Å². The highest BCUT2D eigenvalue weighted by atomic mass is 32.2. The maximum absolute atomic E-state index is 12.3. The Balaban J connectivity index is 1.67. The van der Waals surface area contributed by atoms with E-state index >= 15 is 0 Å². The zero-order chi connectivity index (χ0) is 15.3. The Hall–Kier alpha value is -1.49. The predicted octanol–water partition coefficient (Wildman–Crippen LogP) is 1.80. The Morgan fingerprint density at radius 2 is 2.00 bits per heavy atom. The molecule has 1 N–H and O–H groups in total. The summed E-state index contributed by atoms with van der Waals surface area (Å²) in [5.41, 5.74) is 0.200. The molecule has 0 saturated carbocycles. The number of hydrogen-bond donors (Lipinski definition) is 1. The maximum atomic E-state index is 12.3. The number of benzene rings is 1. The van der Waals surface area contributed by atoms with Gasteiger partial charge in [0.05, 0.1) is 6.42 Å². The first-order valence-electron chi connectivity index (χ1n) is 7.16. The Morgan fingerprint density at radius 1 is 1.33 bits per heavy atom. The van der Waals surface area contributed by atoms with Crippen molar-refractivity contribution in [2.45, 2.75) is 42.9 Å². The Morgan fingerprint density at radius 3 is 2.67 bits per heavy atom. The van der Waals surface area contributed by atoms with Gasteiger partial charge >= 0.3 is 0 Å². The summed E-state index contributed by atoms with van der Waals surface area (Å²) in [7, 11) is 0. The van der Waals surface area contributed by atoms with Crippen molar-refractivity contribution in [1.82, 2.24) is 10.2 Å². The van der Waals surface area contributed by atoms with Gasteiger partial charge in [-0.25, -0.2) is 0 Å². The number of β-lactam (4-membered cyclic amide) rings is 1. The van der Waals surface area contributed by atoms with Gasteiger partial charge in [-0.15, -0.1) is 11.8 Å². The number of rotatable bonds is 3. The molecule has 5 heteroatoms. The molecular formula is C16H20N2O2S. The molecule has 1 aromatic carbocycles. The second-order valence-electron chi connectivity index (χ2n) is 6.58. The van der Waals surface area contributed by atoms with Crippen LogP contribution in [0.5, 0.6) is 0 Å². The van der Waals surface area contributed by atoms with Crippen molar-refractivity contribution in [2.75, 3.05) is 6.54 Å². The molecule has 2 atom stereocenters. The van der Waals surface area contributed by atoms with Crippen LogP contribution >= 0.6 is 11.8 Å². The van der Waals surface area contributed by atoms with Gasteiger partial charge in [0, 0.05) is 11.3 Å². The second kappa shape index (κ2) is 4.77. The van der Waals surface area contributed by atoms with Gasteiger partial charge in [-0.2, -0.15) is 0 Å². The van der Waals surface area contributed by atoms with E-state index < -0.39 is 5.54 Å². The van der Waals surface area contributed by atoms with Crippen molar-refractivity contribution in [3.8, 4) is 0 Å². The molecule has 0 aromatic heterocycles. The minimum atomic E-state index is -0.760. The highest BCUT2D eigenvalue weighted by Gasteiger charge is 2.64. The molecule has 1 unspecified atom stereocenters. The lowest BCUT2D eigenvalue weighted by Crippen LogP contribution is -2.76. The zero-order valence-electron chi connectivity index (χ0n) is 12.6.